The van der Waals surface area contributed by atoms with Gasteiger partial charge in [-0.2, -0.15) is 0 Å². The summed E-state index contributed by atoms with van der Waals surface area (Å²) in [5, 5.41) is 10.3. The van der Waals surface area contributed by atoms with E-state index >= 15 is 0 Å². The van der Waals surface area contributed by atoms with Crippen molar-refractivity contribution in [2.45, 2.75) is 25.1 Å². The molecule has 0 radical (unpaired) electrons. The van der Waals surface area contributed by atoms with Gasteiger partial charge in [-0.1, -0.05) is 17.8 Å². The zero-order valence-electron chi connectivity index (χ0n) is 10.2. The molecule has 0 bridgehead atoms. The first-order valence-corrected chi connectivity index (χ1v) is 6.42. The summed E-state index contributed by atoms with van der Waals surface area (Å²) in [5.74, 6) is 0.528. The Morgan fingerprint density at radius 1 is 1.47 bits per heavy atom. The Bertz CT molecular complexity index is 351. The smallest absolute Gasteiger partial charge is 0.188 e. The predicted octanol–water partition coefficient (Wildman–Crippen LogP) is 1.75. The van der Waals surface area contributed by atoms with Gasteiger partial charge in [0.15, 0.2) is 5.16 Å². The van der Waals surface area contributed by atoms with E-state index in [9.17, 15) is 5.11 Å². The number of nitrogens with zero attached hydrogens (tertiary/aromatic N) is 2. The molecule has 0 spiro atoms. The van der Waals surface area contributed by atoms with Crippen LogP contribution in [0.3, 0.4) is 0 Å². The van der Waals surface area contributed by atoms with E-state index < -0.39 is 6.10 Å². The second kappa shape index (κ2) is 7.42. The summed E-state index contributed by atoms with van der Waals surface area (Å²) in [4.78, 5) is 8.57. The number of hydrogen-bond acceptors (Lipinski definition) is 5. The van der Waals surface area contributed by atoms with E-state index in [0.717, 1.165) is 11.4 Å². The van der Waals surface area contributed by atoms with Crippen LogP contribution < -0.4 is 0 Å². The maximum atomic E-state index is 9.64. The molecule has 94 valence electrons. The van der Waals surface area contributed by atoms with E-state index in [1.165, 1.54) is 11.8 Å². The predicted molar refractivity (Wildman–Crippen MR) is 69.3 cm³/mol. The fraction of sp³-hybridized carbons (Fsp3) is 0.500. The van der Waals surface area contributed by atoms with Crippen molar-refractivity contribution in [1.29, 1.82) is 0 Å². The van der Waals surface area contributed by atoms with Crippen molar-refractivity contribution in [2.75, 3.05) is 19.0 Å². The molecule has 0 aromatic carbocycles. The van der Waals surface area contributed by atoms with Crippen LogP contribution in [0.25, 0.3) is 0 Å². The normalized spacial score (nSPS) is 12.4. The number of aryl methyl sites for hydroxylation is 2. The molecule has 1 N–H and O–H groups in total. The van der Waals surface area contributed by atoms with Crippen LogP contribution >= 0.6 is 11.8 Å². The summed E-state index contributed by atoms with van der Waals surface area (Å²) in [7, 11) is 0. The molecule has 0 aliphatic carbocycles. The molecule has 0 saturated carbocycles. The van der Waals surface area contributed by atoms with Gasteiger partial charge >= 0.3 is 0 Å². The van der Waals surface area contributed by atoms with Gasteiger partial charge in [-0.3, -0.25) is 0 Å². The van der Waals surface area contributed by atoms with E-state index in [0.29, 0.717) is 24.1 Å². The molecule has 1 atom stereocenters. The average molecular weight is 254 g/mol. The van der Waals surface area contributed by atoms with Gasteiger partial charge in [0, 0.05) is 17.1 Å². The van der Waals surface area contributed by atoms with Crippen LogP contribution in [-0.2, 0) is 4.74 Å². The number of aliphatic hydroxyl groups is 1. The molecule has 4 nitrogen and oxygen atoms in total. The van der Waals surface area contributed by atoms with Crippen molar-refractivity contribution in [2.24, 2.45) is 0 Å². The molecule has 1 rings (SSSR count). The molecule has 0 fully saturated rings. The van der Waals surface area contributed by atoms with E-state index in [4.69, 9.17) is 4.74 Å². The van der Waals surface area contributed by atoms with Crippen molar-refractivity contribution in [3.05, 3.63) is 30.1 Å². The van der Waals surface area contributed by atoms with E-state index in [1.54, 1.807) is 6.08 Å². The summed E-state index contributed by atoms with van der Waals surface area (Å²) >= 11 is 1.44. The van der Waals surface area contributed by atoms with Gasteiger partial charge in [0.25, 0.3) is 0 Å². The van der Waals surface area contributed by atoms with Crippen molar-refractivity contribution < 1.29 is 9.84 Å². The third-order valence-corrected chi connectivity index (χ3v) is 2.90. The van der Waals surface area contributed by atoms with Crippen LogP contribution in [0.4, 0.5) is 0 Å². The molecule has 0 aliphatic heterocycles. The van der Waals surface area contributed by atoms with Gasteiger partial charge < -0.3 is 9.84 Å². The maximum Gasteiger partial charge on any atom is 0.188 e. The number of thioether (sulfide) groups is 1. The third kappa shape index (κ3) is 5.81. The Labute approximate surface area is 106 Å². The highest BCUT2D eigenvalue weighted by atomic mass is 32.2. The van der Waals surface area contributed by atoms with Crippen LogP contribution in [0.2, 0.25) is 0 Å². The zero-order valence-corrected chi connectivity index (χ0v) is 11.0. The van der Waals surface area contributed by atoms with Gasteiger partial charge in [0.1, 0.15) is 0 Å². The number of hydrogen-bond donors (Lipinski definition) is 1. The molecule has 1 heterocycles. The van der Waals surface area contributed by atoms with Crippen molar-refractivity contribution >= 4 is 11.8 Å². The molecule has 5 heteroatoms. The van der Waals surface area contributed by atoms with Crippen LogP contribution in [0, 0.1) is 13.8 Å². The summed E-state index contributed by atoms with van der Waals surface area (Å²) < 4.78 is 5.16. The monoisotopic (exact) mass is 254 g/mol. The third-order valence-electron chi connectivity index (χ3n) is 1.91. The van der Waals surface area contributed by atoms with Gasteiger partial charge in [-0.15, -0.1) is 6.58 Å². The van der Waals surface area contributed by atoms with Crippen LogP contribution in [0.5, 0.6) is 0 Å². The number of aromatic nitrogens is 2. The van der Waals surface area contributed by atoms with Crippen LogP contribution in [0.1, 0.15) is 11.4 Å². The Morgan fingerprint density at radius 3 is 2.71 bits per heavy atom. The standard InChI is InChI=1S/C12H18N2O2S/c1-4-5-16-7-11(15)8-17-12-13-9(2)6-10(3)14-12/h4,6,11,15H,1,5,7-8H2,2-3H3. The number of aliphatic hydroxyl groups excluding tert-OH is 1. The van der Waals surface area contributed by atoms with Crippen molar-refractivity contribution in [3.63, 3.8) is 0 Å². The van der Waals surface area contributed by atoms with Crippen LogP contribution in [0.15, 0.2) is 23.9 Å². The second-order valence-corrected chi connectivity index (χ2v) is 4.71. The average Bonchev–Trinajstić information content (AvgIpc) is 2.25. The Morgan fingerprint density at radius 2 is 2.12 bits per heavy atom. The minimum Gasteiger partial charge on any atom is -0.390 e. The molecular weight excluding hydrogens is 236 g/mol. The SMILES string of the molecule is C=CCOCC(O)CSc1nc(C)cc(C)n1. The Hall–Kier alpha value is -0.910. The first kappa shape index (κ1) is 14.2. The number of rotatable bonds is 7. The minimum atomic E-state index is -0.510. The lowest BCUT2D eigenvalue weighted by Crippen LogP contribution is -2.18. The van der Waals surface area contributed by atoms with Gasteiger partial charge in [0.2, 0.25) is 0 Å². The zero-order chi connectivity index (χ0) is 12.7. The first-order valence-electron chi connectivity index (χ1n) is 5.43. The van der Waals surface area contributed by atoms with Crippen LogP contribution in [-0.4, -0.2) is 40.1 Å². The summed E-state index contributed by atoms with van der Waals surface area (Å²) in [6.45, 7) is 8.17. The molecule has 0 amide bonds. The van der Waals surface area contributed by atoms with Gasteiger partial charge in [0.05, 0.1) is 19.3 Å². The second-order valence-electron chi connectivity index (χ2n) is 3.72. The molecule has 0 aliphatic rings. The highest BCUT2D eigenvalue weighted by molar-refractivity contribution is 7.99. The first-order chi connectivity index (χ1) is 8.11. The summed E-state index contributed by atoms with van der Waals surface area (Å²) in [6.07, 6.45) is 1.15. The topological polar surface area (TPSA) is 55.2 Å². The molecule has 17 heavy (non-hydrogen) atoms. The van der Waals surface area contributed by atoms with Gasteiger partial charge in [-0.05, 0) is 19.9 Å². The van der Waals surface area contributed by atoms with Crippen molar-refractivity contribution in [1.82, 2.24) is 9.97 Å². The molecule has 1 unspecified atom stereocenters. The van der Waals surface area contributed by atoms with E-state index in [1.807, 2.05) is 19.9 Å². The molecule has 1 aromatic rings. The quantitative estimate of drug-likeness (QED) is 0.348. The maximum absolute atomic E-state index is 9.64. The van der Waals surface area contributed by atoms with Gasteiger partial charge in [-0.25, -0.2) is 9.97 Å². The Balaban J connectivity index is 2.36. The molecule has 0 saturated heterocycles. The molecular formula is C12H18N2O2S. The summed E-state index contributed by atoms with van der Waals surface area (Å²) in [5.41, 5.74) is 1.88. The largest absolute Gasteiger partial charge is 0.390 e. The lowest BCUT2D eigenvalue weighted by atomic mass is 10.4. The lowest BCUT2D eigenvalue weighted by molar-refractivity contribution is 0.0625. The fourth-order valence-electron chi connectivity index (χ4n) is 1.26. The van der Waals surface area contributed by atoms with E-state index in [2.05, 4.69) is 16.5 Å². The van der Waals surface area contributed by atoms with E-state index in [-0.39, 0.29) is 0 Å². The minimum absolute atomic E-state index is 0.309. The highest BCUT2D eigenvalue weighted by Crippen LogP contribution is 2.15. The molecule has 1 aromatic heterocycles. The summed E-state index contributed by atoms with van der Waals surface area (Å²) in [6, 6.07) is 1.92. The Kier molecular flexibility index (Phi) is 6.18. The number of ether oxygens (including phenoxy) is 1. The fourth-order valence-corrected chi connectivity index (χ4v) is 2.12. The highest BCUT2D eigenvalue weighted by Gasteiger charge is 2.07. The van der Waals surface area contributed by atoms with Crippen molar-refractivity contribution in [3.8, 4) is 0 Å². The lowest BCUT2D eigenvalue weighted by Gasteiger charge is -2.09.